The van der Waals surface area contributed by atoms with Gasteiger partial charge in [0.15, 0.2) is 0 Å². The molecule has 0 saturated heterocycles. The van der Waals surface area contributed by atoms with E-state index < -0.39 is 5.91 Å². The molecule has 0 unspecified atom stereocenters. The van der Waals surface area contributed by atoms with Crippen LogP contribution in [0.2, 0.25) is 0 Å². The Morgan fingerprint density at radius 3 is 2.80 bits per heavy atom. The van der Waals surface area contributed by atoms with Crippen molar-refractivity contribution in [1.82, 2.24) is 4.98 Å². The Labute approximate surface area is 85.3 Å². The number of nitrogens with zero attached hydrogens (tertiary/aromatic N) is 2. The second-order valence-corrected chi connectivity index (χ2v) is 2.90. The number of carbonyl (C=O) groups excluding carboxylic acids is 2. The molecule has 2 rings (SSSR count). The third kappa shape index (κ3) is 1.80. The number of carbonyl (C=O) groups is 1. The smallest absolute Gasteiger partial charge is 0.264 e. The summed E-state index contributed by atoms with van der Waals surface area (Å²) < 4.78 is 0. The largest absolute Gasteiger partial charge is 0.306 e. The van der Waals surface area contributed by atoms with E-state index in [1.165, 1.54) is 12.1 Å². The van der Waals surface area contributed by atoms with Gasteiger partial charge in [-0.1, -0.05) is 24.3 Å². The van der Waals surface area contributed by atoms with E-state index in [9.17, 15) is 9.59 Å². The van der Waals surface area contributed by atoms with Crippen LogP contribution >= 0.6 is 0 Å². The van der Waals surface area contributed by atoms with Crippen LogP contribution in [0.15, 0.2) is 41.4 Å². The predicted octanol–water partition coefficient (Wildman–Crippen LogP) is 1.71. The van der Waals surface area contributed by atoms with Crippen LogP contribution in [0.3, 0.4) is 0 Å². The Hall–Kier alpha value is -2.32. The third-order valence-corrected chi connectivity index (χ3v) is 1.96. The summed E-state index contributed by atoms with van der Waals surface area (Å²) in [7, 11) is 0. The molecule has 72 valence electrons. The second-order valence-electron chi connectivity index (χ2n) is 2.90. The highest BCUT2D eigenvalue weighted by molar-refractivity contribution is 5.97. The zero-order valence-corrected chi connectivity index (χ0v) is 7.68. The predicted molar refractivity (Wildman–Crippen MR) is 54.2 cm³/mol. The van der Waals surface area contributed by atoms with Crippen molar-refractivity contribution in [2.75, 3.05) is 0 Å². The summed E-state index contributed by atoms with van der Waals surface area (Å²) in [6, 6.07) is 10.7. The van der Waals surface area contributed by atoms with Gasteiger partial charge in [0.1, 0.15) is 5.69 Å². The van der Waals surface area contributed by atoms with E-state index in [4.69, 9.17) is 0 Å². The van der Waals surface area contributed by atoms with Gasteiger partial charge in [0, 0.05) is 5.39 Å². The first-order chi connectivity index (χ1) is 7.31. The lowest BCUT2D eigenvalue weighted by molar-refractivity contribution is 0.0998. The number of amides is 1. The van der Waals surface area contributed by atoms with Crippen LogP contribution in [0.5, 0.6) is 0 Å². The molecular formula is C11H6N2O2. The minimum absolute atomic E-state index is 0.150. The molecule has 0 saturated carbocycles. The molecule has 1 amide bonds. The number of aliphatic imine (C=N–C) groups is 1. The molecule has 1 heterocycles. The van der Waals surface area contributed by atoms with Gasteiger partial charge in [-0.15, -0.1) is 4.99 Å². The van der Waals surface area contributed by atoms with Crippen molar-refractivity contribution >= 4 is 22.9 Å². The quantitative estimate of drug-likeness (QED) is 0.517. The minimum atomic E-state index is -0.671. The minimum Gasteiger partial charge on any atom is -0.264 e. The van der Waals surface area contributed by atoms with Gasteiger partial charge >= 0.3 is 5.91 Å². The summed E-state index contributed by atoms with van der Waals surface area (Å²) in [5.41, 5.74) is 0.849. The summed E-state index contributed by atoms with van der Waals surface area (Å²) in [6.07, 6.45) is 1.20. The maximum Gasteiger partial charge on any atom is 0.306 e. The molecule has 1 aromatic carbocycles. The summed E-state index contributed by atoms with van der Waals surface area (Å²) in [5, 5.41) is 0.934. The highest BCUT2D eigenvalue weighted by Crippen LogP contribution is 2.11. The highest BCUT2D eigenvalue weighted by atomic mass is 16.2. The number of para-hydroxylation sites is 1. The summed E-state index contributed by atoms with van der Waals surface area (Å²) in [4.78, 5) is 28.2. The molecule has 0 atom stereocenters. The molecule has 4 heteroatoms. The molecule has 15 heavy (non-hydrogen) atoms. The molecule has 2 aromatic rings. The molecule has 1 aromatic heterocycles. The van der Waals surface area contributed by atoms with Crippen molar-refractivity contribution in [3.05, 3.63) is 42.1 Å². The molecule has 0 fully saturated rings. The molecule has 0 bridgehead atoms. The first-order valence-electron chi connectivity index (χ1n) is 4.29. The average molecular weight is 198 g/mol. The number of benzene rings is 1. The van der Waals surface area contributed by atoms with E-state index in [-0.39, 0.29) is 5.69 Å². The van der Waals surface area contributed by atoms with Crippen LogP contribution in [0.25, 0.3) is 10.9 Å². The molecule has 0 radical (unpaired) electrons. The fourth-order valence-electron chi connectivity index (χ4n) is 1.28. The lowest BCUT2D eigenvalue weighted by Crippen LogP contribution is -1.98. The lowest BCUT2D eigenvalue weighted by atomic mass is 10.2. The van der Waals surface area contributed by atoms with E-state index in [1.807, 2.05) is 18.2 Å². The number of hydrogen-bond acceptors (Lipinski definition) is 3. The number of isocyanates is 1. The fraction of sp³-hybridized carbons (Fsp3) is 0. The maximum atomic E-state index is 11.2. The van der Waals surface area contributed by atoms with Crippen molar-refractivity contribution in [2.24, 2.45) is 4.99 Å². The number of rotatable bonds is 1. The Balaban J connectivity index is 2.56. The van der Waals surface area contributed by atoms with Gasteiger partial charge in [0.05, 0.1) is 5.52 Å². The van der Waals surface area contributed by atoms with Crippen LogP contribution in [-0.2, 0) is 4.79 Å². The van der Waals surface area contributed by atoms with Gasteiger partial charge < -0.3 is 0 Å². The molecule has 0 spiro atoms. The van der Waals surface area contributed by atoms with Crippen molar-refractivity contribution in [3.8, 4) is 0 Å². The summed E-state index contributed by atoms with van der Waals surface area (Å²) in [5.74, 6) is -0.671. The number of hydrogen-bond donors (Lipinski definition) is 0. The lowest BCUT2D eigenvalue weighted by Gasteiger charge is -1.97. The molecule has 0 aliphatic rings. The Bertz CT molecular complexity index is 572. The van der Waals surface area contributed by atoms with Gasteiger partial charge in [0.25, 0.3) is 0 Å². The second kappa shape index (κ2) is 3.82. The van der Waals surface area contributed by atoms with Crippen LogP contribution in [0.4, 0.5) is 0 Å². The van der Waals surface area contributed by atoms with Crippen LogP contribution in [0, 0.1) is 0 Å². The summed E-state index contributed by atoms with van der Waals surface area (Å²) >= 11 is 0. The monoisotopic (exact) mass is 198 g/mol. The van der Waals surface area contributed by atoms with Crippen molar-refractivity contribution < 1.29 is 9.59 Å². The fourth-order valence-corrected chi connectivity index (χ4v) is 1.28. The first-order valence-corrected chi connectivity index (χ1v) is 4.29. The zero-order valence-electron chi connectivity index (χ0n) is 7.68. The average Bonchev–Trinajstić information content (AvgIpc) is 2.29. The van der Waals surface area contributed by atoms with E-state index >= 15 is 0 Å². The zero-order chi connectivity index (χ0) is 10.7. The van der Waals surface area contributed by atoms with Gasteiger partial charge in [-0.2, -0.15) is 0 Å². The van der Waals surface area contributed by atoms with E-state index in [0.717, 1.165) is 5.39 Å². The van der Waals surface area contributed by atoms with Crippen molar-refractivity contribution in [2.45, 2.75) is 0 Å². The molecular weight excluding hydrogens is 192 g/mol. The van der Waals surface area contributed by atoms with Gasteiger partial charge in [-0.3, -0.25) is 4.79 Å². The van der Waals surface area contributed by atoms with E-state index in [2.05, 4.69) is 9.98 Å². The van der Waals surface area contributed by atoms with Crippen molar-refractivity contribution in [1.29, 1.82) is 0 Å². The van der Waals surface area contributed by atoms with Crippen LogP contribution in [-0.4, -0.2) is 17.0 Å². The molecule has 4 nitrogen and oxygen atoms in total. The van der Waals surface area contributed by atoms with Gasteiger partial charge in [0.2, 0.25) is 6.08 Å². The Kier molecular flexibility index (Phi) is 2.35. The number of aromatic nitrogens is 1. The van der Waals surface area contributed by atoms with Crippen LogP contribution < -0.4 is 0 Å². The summed E-state index contributed by atoms with van der Waals surface area (Å²) in [6.45, 7) is 0. The normalized spacial score (nSPS) is 9.60. The number of fused-ring (bicyclic) bond motifs is 1. The topological polar surface area (TPSA) is 59.4 Å². The third-order valence-electron chi connectivity index (χ3n) is 1.96. The highest BCUT2D eigenvalue weighted by Gasteiger charge is 2.05. The van der Waals surface area contributed by atoms with Crippen molar-refractivity contribution in [3.63, 3.8) is 0 Å². The Morgan fingerprint density at radius 2 is 2.00 bits per heavy atom. The van der Waals surface area contributed by atoms with E-state index in [1.54, 1.807) is 12.1 Å². The SMILES string of the molecule is O=C=NC(=O)c1ccc2ccccc2n1. The Morgan fingerprint density at radius 1 is 1.20 bits per heavy atom. The van der Waals surface area contributed by atoms with Gasteiger partial charge in [-0.25, -0.2) is 9.78 Å². The molecule has 0 N–H and O–H groups in total. The first kappa shape index (κ1) is 9.24. The van der Waals surface area contributed by atoms with E-state index in [0.29, 0.717) is 5.52 Å². The maximum absolute atomic E-state index is 11.2. The standard InChI is InChI=1S/C11H6N2O2/c14-7-12-11(15)10-6-5-8-3-1-2-4-9(8)13-10/h1-6H. The van der Waals surface area contributed by atoms with Gasteiger partial charge in [-0.05, 0) is 12.1 Å². The van der Waals surface area contributed by atoms with Crippen LogP contribution in [0.1, 0.15) is 10.5 Å². The number of pyridine rings is 1. The molecule has 0 aliphatic heterocycles. The molecule has 0 aliphatic carbocycles.